The molecule has 2 amide bonds. The molecule has 1 atom stereocenters. The fourth-order valence-electron chi connectivity index (χ4n) is 1.85. The van der Waals surface area contributed by atoms with Crippen LogP contribution < -0.4 is 5.32 Å². The average molecular weight is 282 g/mol. The minimum atomic E-state index is -1.06. The lowest BCUT2D eigenvalue weighted by Crippen LogP contribution is -2.49. The maximum absolute atomic E-state index is 12.1. The zero-order valence-electron chi connectivity index (χ0n) is 12.1. The van der Waals surface area contributed by atoms with Gasteiger partial charge in [0.05, 0.1) is 6.33 Å². The van der Waals surface area contributed by atoms with Crippen molar-refractivity contribution in [2.24, 2.45) is 5.92 Å². The third-order valence-electron chi connectivity index (χ3n) is 2.83. The molecule has 0 saturated heterocycles. The standard InChI is InChI=1S/C13H22N4O3/c1-4-17(7-9(2)3)13(20)16-11(12(18)19)5-10-6-14-8-15-10/h6,8-9,11H,4-5,7H2,1-3H3,(H,14,15)(H,16,20)(H,18,19). The molecule has 1 aromatic heterocycles. The first-order chi connectivity index (χ1) is 9.43. The van der Waals surface area contributed by atoms with E-state index in [1.54, 1.807) is 11.1 Å². The number of carbonyl (C=O) groups excluding carboxylic acids is 1. The molecule has 1 rings (SSSR count). The third kappa shape index (κ3) is 4.91. The molecule has 1 unspecified atom stereocenters. The van der Waals surface area contributed by atoms with Crippen molar-refractivity contribution in [2.45, 2.75) is 33.2 Å². The highest BCUT2D eigenvalue weighted by molar-refractivity contribution is 5.82. The van der Waals surface area contributed by atoms with Crippen molar-refractivity contribution in [2.75, 3.05) is 13.1 Å². The molecule has 0 fully saturated rings. The van der Waals surface area contributed by atoms with Crippen LogP contribution in [0.15, 0.2) is 12.5 Å². The van der Waals surface area contributed by atoms with E-state index in [9.17, 15) is 14.7 Å². The van der Waals surface area contributed by atoms with Gasteiger partial charge >= 0.3 is 12.0 Å². The smallest absolute Gasteiger partial charge is 0.326 e. The van der Waals surface area contributed by atoms with Gasteiger partial charge in [0, 0.05) is 31.4 Å². The number of rotatable bonds is 7. The predicted molar refractivity (Wildman–Crippen MR) is 74.3 cm³/mol. The Hall–Kier alpha value is -2.05. The number of nitrogens with one attached hydrogen (secondary N) is 2. The molecule has 0 saturated carbocycles. The molecule has 0 spiro atoms. The average Bonchev–Trinajstić information content (AvgIpc) is 2.87. The maximum atomic E-state index is 12.1. The zero-order valence-corrected chi connectivity index (χ0v) is 12.1. The molecule has 0 aromatic carbocycles. The summed E-state index contributed by atoms with van der Waals surface area (Å²) < 4.78 is 0. The van der Waals surface area contributed by atoms with Crippen LogP contribution in [0.2, 0.25) is 0 Å². The van der Waals surface area contributed by atoms with Gasteiger partial charge in [-0.15, -0.1) is 0 Å². The van der Waals surface area contributed by atoms with E-state index in [4.69, 9.17) is 0 Å². The number of H-pyrrole nitrogens is 1. The summed E-state index contributed by atoms with van der Waals surface area (Å²) in [5.74, 6) is -0.731. The van der Waals surface area contributed by atoms with Crippen LogP contribution in [0.25, 0.3) is 0 Å². The summed E-state index contributed by atoms with van der Waals surface area (Å²) in [7, 11) is 0. The van der Waals surface area contributed by atoms with E-state index in [0.717, 1.165) is 0 Å². The van der Waals surface area contributed by atoms with E-state index in [2.05, 4.69) is 15.3 Å². The Balaban J connectivity index is 2.64. The summed E-state index contributed by atoms with van der Waals surface area (Å²) in [5.41, 5.74) is 0.671. The van der Waals surface area contributed by atoms with Gasteiger partial charge in [-0.1, -0.05) is 13.8 Å². The Morgan fingerprint density at radius 1 is 1.50 bits per heavy atom. The van der Waals surface area contributed by atoms with E-state index in [-0.39, 0.29) is 12.5 Å². The number of carboxylic acid groups (broad SMARTS) is 1. The minimum absolute atomic E-state index is 0.181. The number of nitrogens with zero attached hydrogens (tertiary/aromatic N) is 2. The summed E-state index contributed by atoms with van der Waals surface area (Å²) in [5, 5.41) is 11.7. The highest BCUT2D eigenvalue weighted by Crippen LogP contribution is 2.03. The first kappa shape index (κ1) is 16.0. The van der Waals surface area contributed by atoms with Crippen molar-refractivity contribution in [3.8, 4) is 0 Å². The van der Waals surface area contributed by atoms with E-state index in [1.165, 1.54) is 6.33 Å². The van der Waals surface area contributed by atoms with Crippen molar-refractivity contribution in [3.05, 3.63) is 18.2 Å². The Labute approximate surface area is 118 Å². The first-order valence-electron chi connectivity index (χ1n) is 6.69. The molecule has 20 heavy (non-hydrogen) atoms. The maximum Gasteiger partial charge on any atom is 0.326 e. The highest BCUT2D eigenvalue weighted by Gasteiger charge is 2.23. The molecule has 0 aliphatic heterocycles. The first-order valence-corrected chi connectivity index (χ1v) is 6.69. The van der Waals surface area contributed by atoms with E-state index >= 15 is 0 Å². The lowest BCUT2D eigenvalue weighted by molar-refractivity contribution is -0.139. The van der Waals surface area contributed by atoms with Gasteiger partial charge in [-0.2, -0.15) is 0 Å². The summed E-state index contributed by atoms with van der Waals surface area (Å²) in [6.07, 6.45) is 3.21. The number of aromatic amines is 1. The molecule has 1 aromatic rings. The second-order valence-corrected chi connectivity index (χ2v) is 5.05. The van der Waals surface area contributed by atoms with Crippen molar-refractivity contribution in [3.63, 3.8) is 0 Å². The van der Waals surface area contributed by atoms with Gasteiger partial charge in [-0.05, 0) is 12.8 Å². The SMILES string of the molecule is CCN(CC(C)C)C(=O)NC(Cc1cnc[nH]1)C(=O)O. The van der Waals surface area contributed by atoms with E-state index in [1.807, 2.05) is 20.8 Å². The van der Waals surface area contributed by atoms with Gasteiger partial charge in [0.2, 0.25) is 0 Å². The van der Waals surface area contributed by atoms with Crippen LogP contribution in [0.1, 0.15) is 26.5 Å². The lowest BCUT2D eigenvalue weighted by Gasteiger charge is -2.25. The fraction of sp³-hybridized carbons (Fsp3) is 0.615. The van der Waals surface area contributed by atoms with Crippen LogP contribution >= 0.6 is 0 Å². The quantitative estimate of drug-likeness (QED) is 0.697. The number of aliphatic carboxylic acids is 1. The topological polar surface area (TPSA) is 98.3 Å². The minimum Gasteiger partial charge on any atom is -0.480 e. The Morgan fingerprint density at radius 2 is 2.20 bits per heavy atom. The summed E-state index contributed by atoms with van der Waals surface area (Å²) >= 11 is 0. The number of urea groups is 1. The van der Waals surface area contributed by atoms with Crippen LogP contribution in [0, 0.1) is 5.92 Å². The number of imidazole rings is 1. The molecular formula is C13H22N4O3. The van der Waals surface area contributed by atoms with Gasteiger partial charge in [-0.3, -0.25) is 0 Å². The van der Waals surface area contributed by atoms with Crippen LogP contribution in [0.4, 0.5) is 4.79 Å². The highest BCUT2D eigenvalue weighted by atomic mass is 16.4. The van der Waals surface area contributed by atoms with Gasteiger partial charge in [0.1, 0.15) is 6.04 Å². The number of carbonyl (C=O) groups is 2. The Morgan fingerprint density at radius 3 is 2.65 bits per heavy atom. The largest absolute Gasteiger partial charge is 0.480 e. The van der Waals surface area contributed by atoms with Gasteiger partial charge in [0.15, 0.2) is 0 Å². The number of hydrogen-bond donors (Lipinski definition) is 3. The molecular weight excluding hydrogens is 260 g/mol. The van der Waals surface area contributed by atoms with Crippen molar-refractivity contribution in [1.82, 2.24) is 20.2 Å². The van der Waals surface area contributed by atoms with Gasteiger partial charge in [-0.25, -0.2) is 14.6 Å². The third-order valence-corrected chi connectivity index (χ3v) is 2.83. The fourth-order valence-corrected chi connectivity index (χ4v) is 1.85. The summed E-state index contributed by atoms with van der Waals surface area (Å²) in [4.78, 5) is 31.6. The van der Waals surface area contributed by atoms with Crippen LogP contribution in [0.5, 0.6) is 0 Å². The Bertz CT molecular complexity index is 431. The number of aromatic nitrogens is 2. The monoisotopic (exact) mass is 282 g/mol. The molecule has 112 valence electrons. The number of carboxylic acids is 1. The normalized spacial score (nSPS) is 12.2. The Kier molecular flexibility index (Phi) is 6.02. The molecule has 0 aliphatic carbocycles. The molecule has 7 nitrogen and oxygen atoms in total. The van der Waals surface area contributed by atoms with Crippen molar-refractivity contribution >= 4 is 12.0 Å². The lowest BCUT2D eigenvalue weighted by atomic mass is 10.1. The molecule has 0 aliphatic rings. The second-order valence-electron chi connectivity index (χ2n) is 5.05. The van der Waals surface area contributed by atoms with Crippen LogP contribution in [-0.2, 0) is 11.2 Å². The molecule has 1 heterocycles. The predicted octanol–water partition coefficient (Wildman–Crippen LogP) is 1.09. The van der Waals surface area contributed by atoms with E-state index in [0.29, 0.717) is 24.7 Å². The zero-order chi connectivity index (χ0) is 15.1. The van der Waals surface area contributed by atoms with Crippen LogP contribution in [0.3, 0.4) is 0 Å². The molecule has 7 heteroatoms. The molecule has 0 radical (unpaired) electrons. The van der Waals surface area contributed by atoms with Crippen molar-refractivity contribution < 1.29 is 14.7 Å². The molecule has 0 bridgehead atoms. The van der Waals surface area contributed by atoms with Gasteiger partial charge in [0.25, 0.3) is 0 Å². The number of hydrogen-bond acceptors (Lipinski definition) is 3. The van der Waals surface area contributed by atoms with Crippen molar-refractivity contribution in [1.29, 1.82) is 0 Å². The van der Waals surface area contributed by atoms with E-state index < -0.39 is 12.0 Å². The summed E-state index contributed by atoms with van der Waals surface area (Å²) in [6, 6.07) is -1.32. The van der Waals surface area contributed by atoms with Gasteiger partial charge < -0.3 is 20.3 Å². The van der Waals surface area contributed by atoms with Crippen LogP contribution in [-0.4, -0.2) is 51.1 Å². The summed E-state index contributed by atoms with van der Waals surface area (Å²) in [6.45, 7) is 7.02. The molecule has 3 N–H and O–H groups in total. The number of amides is 2. The second kappa shape index (κ2) is 7.52.